The van der Waals surface area contributed by atoms with Crippen LogP contribution in [0.5, 0.6) is 0 Å². The van der Waals surface area contributed by atoms with E-state index in [1.807, 2.05) is 0 Å². The Balaban J connectivity index is 2.32. The van der Waals surface area contributed by atoms with Crippen molar-refractivity contribution in [3.05, 3.63) is 23.3 Å². The van der Waals surface area contributed by atoms with E-state index in [4.69, 9.17) is 0 Å². The minimum Gasteiger partial charge on any atom is -0.294 e. The van der Waals surface area contributed by atoms with Crippen LogP contribution in [-0.4, -0.2) is 12.0 Å². The van der Waals surface area contributed by atoms with E-state index in [2.05, 4.69) is 0 Å². The second kappa shape index (κ2) is 2.29. The number of rotatable bonds is 0. The number of ketones is 1. The van der Waals surface area contributed by atoms with Gasteiger partial charge >= 0.3 is 0 Å². The first-order valence-electron chi connectivity index (χ1n) is 3.85. The minimum absolute atomic E-state index is 0.183. The van der Waals surface area contributed by atoms with E-state index < -0.39 is 6.17 Å². The maximum Gasteiger partial charge on any atom is 0.163 e. The lowest BCUT2D eigenvalue weighted by Gasteiger charge is -2.09. The van der Waals surface area contributed by atoms with Gasteiger partial charge in [-0.2, -0.15) is 0 Å². The number of hydrogen-bond acceptors (Lipinski definition) is 1. The quantitative estimate of drug-likeness (QED) is 0.518. The molecule has 0 aromatic heterocycles. The fraction of sp³-hybridized carbons (Fsp3) is 0.444. The van der Waals surface area contributed by atoms with Crippen molar-refractivity contribution in [2.75, 3.05) is 0 Å². The van der Waals surface area contributed by atoms with Crippen LogP contribution in [0.1, 0.15) is 19.3 Å². The summed E-state index contributed by atoms with van der Waals surface area (Å²) < 4.78 is 12.7. The maximum absolute atomic E-state index is 12.7. The molecule has 1 nitrogen and oxygen atoms in total. The van der Waals surface area contributed by atoms with Crippen molar-refractivity contribution in [1.82, 2.24) is 0 Å². The number of allylic oxidation sites excluding steroid dienone is 4. The Hall–Kier alpha value is -0.920. The van der Waals surface area contributed by atoms with E-state index >= 15 is 0 Å². The zero-order valence-electron chi connectivity index (χ0n) is 6.14. The third-order valence-electron chi connectivity index (χ3n) is 2.25. The third-order valence-corrected chi connectivity index (χ3v) is 2.25. The second-order valence-corrected chi connectivity index (χ2v) is 3.02. The molecular weight excluding hydrogens is 143 g/mol. The summed E-state index contributed by atoms with van der Waals surface area (Å²) in [5.74, 6) is 0.183. The van der Waals surface area contributed by atoms with Gasteiger partial charge < -0.3 is 0 Å². The van der Waals surface area contributed by atoms with Crippen molar-refractivity contribution in [3.63, 3.8) is 0 Å². The van der Waals surface area contributed by atoms with Crippen LogP contribution >= 0.6 is 0 Å². The maximum atomic E-state index is 12.7. The summed E-state index contributed by atoms with van der Waals surface area (Å²) in [4.78, 5) is 11.1. The summed E-state index contributed by atoms with van der Waals surface area (Å²) in [5, 5.41) is 0. The molecule has 0 aromatic carbocycles. The number of Topliss-reactive ketones (excluding diaryl/α,β-unsaturated/α-hetero) is 1. The number of halogens is 1. The van der Waals surface area contributed by atoms with Gasteiger partial charge in [-0.3, -0.25) is 4.79 Å². The highest BCUT2D eigenvalue weighted by Gasteiger charge is 2.25. The molecule has 0 aliphatic heterocycles. The summed E-state index contributed by atoms with van der Waals surface area (Å²) in [6.07, 6.45) is 4.05. The molecule has 2 aliphatic carbocycles. The smallest absolute Gasteiger partial charge is 0.163 e. The zero-order chi connectivity index (χ0) is 7.84. The van der Waals surface area contributed by atoms with Gasteiger partial charge in [0, 0.05) is 18.4 Å². The minimum atomic E-state index is -0.861. The molecule has 0 radical (unpaired) electrons. The van der Waals surface area contributed by atoms with E-state index in [9.17, 15) is 9.18 Å². The summed E-state index contributed by atoms with van der Waals surface area (Å²) in [7, 11) is 0. The first-order chi connectivity index (χ1) is 5.27. The molecule has 58 valence electrons. The fourth-order valence-corrected chi connectivity index (χ4v) is 1.66. The van der Waals surface area contributed by atoms with E-state index in [1.54, 1.807) is 6.08 Å². The Morgan fingerprint density at radius 3 is 3.09 bits per heavy atom. The molecule has 1 unspecified atom stereocenters. The van der Waals surface area contributed by atoms with Gasteiger partial charge in [0.2, 0.25) is 0 Å². The van der Waals surface area contributed by atoms with Crippen molar-refractivity contribution in [1.29, 1.82) is 0 Å². The molecule has 0 saturated heterocycles. The monoisotopic (exact) mass is 152 g/mol. The molecule has 0 fully saturated rings. The van der Waals surface area contributed by atoms with Crippen molar-refractivity contribution in [3.8, 4) is 0 Å². The largest absolute Gasteiger partial charge is 0.294 e. The van der Waals surface area contributed by atoms with Gasteiger partial charge in [0.15, 0.2) is 5.78 Å². The predicted octanol–water partition coefficient (Wildman–Crippen LogP) is 1.94. The van der Waals surface area contributed by atoms with Crippen molar-refractivity contribution < 1.29 is 9.18 Å². The molecule has 0 spiro atoms. The highest BCUT2D eigenvalue weighted by atomic mass is 19.1. The van der Waals surface area contributed by atoms with Gasteiger partial charge in [0.1, 0.15) is 6.17 Å². The van der Waals surface area contributed by atoms with Gasteiger partial charge in [-0.15, -0.1) is 0 Å². The normalized spacial score (nSPS) is 29.5. The molecule has 0 saturated carbocycles. The topological polar surface area (TPSA) is 17.1 Å². The Morgan fingerprint density at radius 1 is 1.45 bits per heavy atom. The number of alkyl halides is 1. The Kier molecular flexibility index (Phi) is 1.41. The van der Waals surface area contributed by atoms with Gasteiger partial charge in [-0.25, -0.2) is 4.39 Å². The first-order valence-corrected chi connectivity index (χ1v) is 3.85. The number of carbonyl (C=O) groups excluding carboxylic acids is 1. The lowest BCUT2D eigenvalue weighted by molar-refractivity contribution is -0.114. The molecule has 0 aromatic rings. The van der Waals surface area contributed by atoms with Crippen LogP contribution in [-0.2, 0) is 4.79 Å². The third kappa shape index (κ3) is 1.02. The zero-order valence-corrected chi connectivity index (χ0v) is 6.14. The second-order valence-electron chi connectivity index (χ2n) is 3.02. The predicted molar refractivity (Wildman–Crippen MR) is 39.9 cm³/mol. The van der Waals surface area contributed by atoms with Gasteiger partial charge in [0.25, 0.3) is 0 Å². The van der Waals surface area contributed by atoms with E-state index in [-0.39, 0.29) is 5.78 Å². The molecule has 0 bridgehead atoms. The molecule has 2 aliphatic rings. The molecular formula is C9H9FO. The molecule has 11 heavy (non-hydrogen) atoms. The van der Waals surface area contributed by atoms with Crippen LogP contribution in [0.4, 0.5) is 4.39 Å². The van der Waals surface area contributed by atoms with E-state index in [0.29, 0.717) is 12.8 Å². The molecule has 0 amide bonds. The van der Waals surface area contributed by atoms with Crippen molar-refractivity contribution in [2.24, 2.45) is 0 Å². The Labute approximate surface area is 64.6 Å². The molecule has 0 heterocycles. The molecule has 2 heteroatoms. The van der Waals surface area contributed by atoms with Crippen LogP contribution in [0.25, 0.3) is 0 Å². The highest BCUT2D eigenvalue weighted by Crippen LogP contribution is 2.31. The summed E-state index contributed by atoms with van der Waals surface area (Å²) >= 11 is 0. The van der Waals surface area contributed by atoms with Crippen molar-refractivity contribution >= 4 is 5.78 Å². The SMILES string of the molecule is O=C1CCC2=C1C=CC(F)C2. The van der Waals surface area contributed by atoms with Crippen molar-refractivity contribution in [2.45, 2.75) is 25.4 Å². The average Bonchev–Trinajstić information content (AvgIpc) is 2.32. The highest BCUT2D eigenvalue weighted by molar-refractivity contribution is 6.01. The van der Waals surface area contributed by atoms with Crippen LogP contribution < -0.4 is 0 Å². The summed E-state index contributed by atoms with van der Waals surface area (Å²) in [6.45, 7) is 0. The van der Waals surface area contributed by atoms with Gasteiger partial charge in [0.05, 0.1) is 0 Å². The Morgan fingerprint density at radius 2 is 2.27 bits per heavy atom. The first kappa shape index (κ1) is 6.77. The van der Waals surface area contributed by atoms with Crippen LogP contribution in [0.15, 0.2) is 23.3 Å². The van der Waals surface area contributed by atoms with E-state index in [1.165, 1.54) is 6.08 Å². The summed E-state index contributed by atoms with van der Waals surface area (Å²) in [6, 6.07) is 0. The summed E-state index contributed by atoms with van der Waals surface area (Å²) in [5.41, 5.74) is 1.80. The lowest BCUT2D eigenvalue weighted by atomic mass is 9.99. The van der Waals surface area contributed by atoms with E-state index in [0.717, 1.165) is 17.6 Å². The Bertz CT molecular complexity index is 263. The van der Waals surface area contributed by atoms with Crippen LogP contribution in [0, 0.1) is 0 Å². The molecule has 2 rings (SSSR count). The standard InChI is InChI=1S/C9H9FO/c10-7-2-3-8-6(5-7)1-4-9(8)11/h2-3,7H,1,4-5H2. The fourth-order valence-electron chi connectivity index (χ4n) is 1.66. The number of hydrogen-bond donors (Lipinski definition) is 0. The lowest BCUT2D eigenvalue weighted by Crippen LogP contribution is -2.04. The number of carbonyl (C=O) groups is 1. The van der Waals surface area contributed by atoms with Crippen LogP contribution in [0.2, 0.25) is 0 Å². The van der Waals surface area contributed by atoms with Crippen LogP contribution in [0.3, 0.4) is 0 Å². The molecule has 0 N–H and O–H groups in total. The molecule has 1 atom stereocenters. The van der Waals surface area contributed by atoms with Gasteiger partial charge in [-0.1, -0.05) is 11.6 Å². The van der Waals surface area contributed by atoms with Gasteiger partial charge in [-0.05, 0) is 12.5 Å². The average molecular weight is 152 g/mol.